The smallest absolute Gasteiger partial charge is 0.341 e. The van der Waals surface area contributed by atoms with Crippen molar-refractivity contribution >= 4 is 5.97 Å². The van der Waals surface area contributed by atoms with E-state index in [2.05, 4.69) is 5.16 Å². The van der Waals surface area contributed by atoms with Crippen LogP contribution in [0.3, 0.4) is 0 Å². The van der Waals surface area contributed by atoms with Crippen LogP contribution >= 0.6 is 0 Å². The fourth-order valence-electron chi connectivity index (χ4n) is 2.14. The Morgan fingerprint density at radius 1 is 0.950 bits per heavy atom. The molecule has 0 bridgehead atoms. The molecule has 0 amide bonds. The van der Waals surface area contributed by atoms with E-state index in [4.69, 9.17) is 4.52 Å². The van der Waals surface area contributed by atoms with Gasteiger partial charge in [0.1, 0.15) is 5.56 Å². The molecule has 0 aliphatic heterocycles. The Morgan fingerprint density at radius 3 is 2.30 bits per heavy atom. The van der Waals surface area contributed by atoms with Crippen molar-refractivity contribution in [1.82, 2.24) is 5.16 Å². The van der Waals surface area contributed by atoms with Crippen LogP contribution in [0.1, 0.15) is 10.4 Å². The van der Waals surface area contributed by atoms with E-state index in [1.807, 2.05) is 54.6 Å². The van der Waals surface area contributed by atoms with Crippen LogP contribution in [0.2, 0.25) is 0 Å². The van der Waals surface area contributed by atoms with Crippen LogP contribution in [0.15, 0.2) is 65.3 Å². The lowest BCUT2D eigenvalue weighted by Gasteiger charge is -2.07. The van der Waals surface area contributed by atoms with E-state index in [0.717, 1.165) is 11.1 Å². The molecule has 1 aromatic heterocycles. The average Bonchev–Trinajstić information content (AvgIpc) is 2.98. The van der Waals surface area contributed by atoms with E-state index in [9.17, 15) is 9.90 Å². The lowest BCUT2D eigenvalue weighted by Crippen LogP contribution is -1.96. The predicted octanol–water partition coefficient (Wildman–Crippen LogP) is 3.71. The molecule has 3 aromatic rings. The van der Waals surface area contributed by atoms with Gasteiger partial charge in [0.2, 0.25) is 0 Å². The number of benzene rings is 2. The number of carboxylic acids is 1. The maximum atomic E-state index is 11.2. The number of rotatable bonds is 3. The molecule has 0 spiro atoms. The number of hydrogen-bond acceptors (Lipinski definition) is 3. The summed E-state index contributed by atoms with van der Waals surface area (Å²) in [7, 11) is 0. The van der Waals surface area contributed by atoms with Crippen LogP contribution < -0.4 is 0 Å². The van der Waals surface area contributed by atoms with Gasteiger partial charge in [-0.2, -0.15) is 0 Å². The first-order valence-corrected chi connectivity index (χ1v) is 6.10. The Bertz CT molecular complexity index is 747. The number of aromatic nitrogens is 1. The van der Waals surface area contributed by atoms with Gasteiger partial charge >= 0.3 is 5.97 Å². The monoisotopic (exact) mass is 265 g/mol. The maximum Gasteiger partial charge on any atom is 0.341 e. The zero-order valence-electron chi connectivity index (χ0n) is 10.5. The molecule has 0 atom stereocenters. The lowest BCUT2D eigenvalue weighted by molar-refractivity contribution is 0.0697. The van der Waals surface area contributed by atoms with Crippen LogP contribution in [0.25, 0.3) is 22.5 Å². The molecule has 1 N–H and O–H groups in total. The zero-order chi connectivity index (χ0) is 13.9. The van der Waals surface area contributed by atoms with Gasteiger partial charge in [0.15, 0.2) is 5.76 Å². The predicted molar refractivity (Wildman–Crippen MR) is 74.3 cm³/mol. The van der Waals surface area contributed by atoms with Gasteiger partial charge in [0, 0.05) is 5.56 Å². The summed E-state index contributed by atoms with van der Waals surface area (Å²) in [5.41, 5.74) is 2.69. The summed E-state index contributed by atoms with van der Waals surface area (Å²) < 4.78 is 5.14. The Balaban J connectivity index is 2.21. The van der Waals surface area contributed by atoms with Gasteiger partial charge in [-0.15, -0.1) is 0 Å². The molecule has 4 heteroatoms. The second-order valence-electron chi connectivity index (χ2n) is 4.29. The lowest BCUT2D eigenvalue weighted by atomic mass is 9.97. The third-order valence-electron chi connectivity index (χ3n) is 3.06. The Hall–Kier alpha value is -2.88. The van der Waals surface area contributed by atoms with Crippen LogP contribution in [0.5, 0.6) is 0 Å². The number of aromatic carboxylic acids is 1. The summed E-state index contributed by atoms with van der Waals surface area (Å²) in [6.07, 6.45) is 1.22. The van der Waals surface area contributed by atoms with Crippen LogP contribution in [-0.2, 0) is 0 Å². The van der Waals surface area contributed by atoms with E-state index in [-0.39, 0.29) is 11.3 Å². The van der Waals surface area contributed by atoms with E-state index in [1.165, 1.54) is 6.20 Å². The summed E-state index contributed by atoms with van der Waals surface area (Å²) in [6.45, 7) is 0. The highest BCUT2D eigenvalue weighted by atomic mass is 16.5. The highest BCUT2D eigenvalue weighted by molar-refractivity contribution is 5.96. The summed E-state index contributed by atoms with van der Waals surface area (Å²) in [5, 5.41) is 12.8. The van der Waals surface area contributed by atoms with Gasteiger partial charge in [0.05, 0.1) is 6.20 Å². The van der Waals surface area contributed by atoms with Gasteiger partial charge < -0.3 is 9.63 Å². The highest BCUT2D eigenvalue weighted by Gasteiger charge is 2.19. The van der Waals surface area contributed by atoms with Gasteiger partial charge in [0.25, 0.3) is 0 Å². The fourth-order valence-corrected chi connectivity index (χ4v) is 2.14. The summed E-state index contributed by atoms with van der Waals surface area (Å²) in [6, 6.07) is 17.2. The van der Waals surface area contributed by atoms with Gasteiger partial charge in [-0.25, -0.2) is 4.79 Å². The third-order valence-corrected chi connectivity index (χ3v) is 3.06. The fraction of sp³-hybridized carbons (Fsp3) is 0. The van der Waals surface area contributed by atoms with Gasteiger partial charge in [-0.1, -0.05) is 59.8 Å². The Morgan fingerprint density at radius 2 is 1.60 bits per heavy atom. The van der Waals surface area contributed by atoms with Crippen molar-refractivity contribution in [3.05, 3.63) is 66.4 Å². The largest absolute Gasteiger partial charge is 0.477 e. The molecule has 98 valence electrons. The molecule has 1 heterocycles. The summed E-state index contributed by atoms with van der Waals surface area (Å²) in [4.78, 5) is 11.2. The molecule has 0 aliphatic rings. The van der Waals surface area contributed by atoms with Crippen molar-refractivity contribution in [2.75, 3.05) is 0 Å². The summed E-state index contributed by atoms with van der Waals surface area (Å²) in [5.74, 6) is -0.777. The molecule has 2 aromatic carbocycles. The first-order chi connectivity index (χ1) is 9.77. The van der Waals surface area contributed by atoms with Crippen molar-refractivity contribution in [3.8, 4) is 22.5 Å². The first-order valence-electron chi connectivity index (χ1n) is 6.10. The molecule has 0 saturated heterocycles. The molecule has 0 radical (unpaired) electrons. The summed E-state index contributed by atoms with van der Waals surface area (Å²) >= 11 is 0. The van der Waals surface area contributed by atoms with Crippen molar-refractivity contribution in [3.63, 3.8) is 0 Å². The minimum Gasteiger partial charge on any atom is -0.477 e. The second-order valence-corrected chi connectivity index (χ2v) is 4.29. The average molecular weight is 265 g/mol. The highest BCUT2D eigenvalue weighted by Crippen LogP contribution is 2.33. The molecule has 0 aliphatic carbocycles. The minimum atomic E-state index is -1.05. The molecular formula is C16H11NO3. The van der Waals surface area contributed by atoms with Crippen molar-refractivity contribution in [2.24, 2.45) is 0 Å². The molecule has 0 saturated carbocycles. The third kappa shape index (κ3) is 2.07. The second kappa shape index (κ2) is 5.01. The van der Waals surface area contributed by atoms with E-state index in [1.54, 1.807) is 0 Å². The van der Waals surface area contributed by atoms with Crippen molar-refractivity contribution < 1.29 is 14.4 Å². The number of hydrogen-bond donors (Lipinski definition) is 1. The van der Waals surface area contributed by atoms with Crippen molar-refractivity contribution in [1.29, 1.82) is 0 Å². The SMILES string of the molecule is O=C(O)c1cnoc1-c1ccccc1-c1ccccc1. The van der Waals surface area contributed by atoms with Crippen molar-refractivity contribution in [2.45, 2.75) is 0 Å². The topological polar surface area (TPSA) is 63.3 Å². The van der Waals surface area contributed by atoms with E-state index < -0.39 is 5.97 Å². The molecule has 4 nitrogen and oxygen atoms in total. The Kier molecular flexibility index (Phi) is 3.05. The molecule has 0 unspecified atom stereocenters. The first kappa shape index (κ1) is 12.2. The van der Waals surface area contributed by atoms with Gasteiger partial charge in [-0.3, -0.25) is 0 Å². The van der Waals surface area contributed by atoms with E-state index in [0.29, 0.717) is 5.56 Å². The minimum absolute atomic E-state index is 0.0633. The zero-order valence-corrected chi connectivity index (χ0v) is 10.5. The number of carboxylic acid groups (broad SMARTS) is 1. The molecule has 20 heavy (non-hydrogen) atoms. The molecular weight excluding hydrogens is 254 g/mol. The van der Waals surface area contributed by atoms with Crippen LogP contribution in [0.4, 0.5) is 0 Å². The number of nitrogens with zero attached hydrogens (tertiary/aromatic N) is 1. The Labute approximate surface area is 115 Å². The normalized spacial score (nSPS) is 10.4. The molecule has 3 rings (SSSR count). The standard InChI is InChI=1S/C16H11NO3/c18-16(19)14-10-17-20-15(14)13-9-5-4-8-12(13)11-6-2-1-3-7-11/h1-10H,(H,18,19). The van der Waals surface area contributed by atoms with Gasteiger partial charge in [-0.05, 0) is 11.1 Å². The van der Waals surface area contributed by atoms with E-state index >= 15 is 0 Å². The quantitative estimate of drug-likeness (QED) is 0.784. The van der Waals surface area contributed by atoms with Crippen LogP contribution in [0, 0.1) is 0 Å². The van der Waals surface area contributed by atoms with Crippen LogP contribution in [-0.4, -0.2) is 16.2 Å². The number of carbonyl (C=O) groups is 1. The molecule has 0 fully saturated rings. The maximum absolute atomic E-state index is 11.2.